The zero-order valence-corrected chi connectivity index (χ0v) is 15.4. The highest BCUT2D eigenvalue weighted by Gasteiger charge is 2.30. The highest BCUT2D eigenvalue weighted by molar-refractivity contribution is 5.98. The normalized spacial score (nSPS) is 15.1. The molecule has 1 aromatic heterocycles. The molecular formula is C20H20N4O4. The van der Waals surface area contributed by atoms with Crippen molar-refractivity contribution < 1.29 is 9.72 Å². The number of imidazole rings is 1. The number of nitro benzene ring substituents is 1. The first-order valence-corrected chi connectivity index (χ1v) is 9.20. The highest BCUT2D eigenvalue weighted by Crippen LogP contribution is 2.28. The standard InChI is InChI=1S/C20H20N4O4/c1-13-5-4-6-15(18(13)24(27)28)19(25)22-11-9-14(10-12-22)23-17-8-3-2-7-16(17)21-20(23)26/h2-8,14H,9-12H2,1H3,(H,21,26). The predicted octanol–water partition coefficient (Wildman–Crippen LogP) is 3.02. The van der Waals surface area contributed by atoms with Crippen LogP contribution in [0.5, 0.6) is 0 Å². The number of para-hydroxylation sites is 3. The minimum atomic E-state index is -0.499. The molecule has 1 saturated heterocycles. The van der Waals surface area contributed by atoms with E-state index in [1.807, 2.05) is 24.3 Å². The largest absolute Gasteiger partial charge is 0.338 e. The van der Waals surface area contributed by atoms with Gasteiger partial charge in [0.1, 0.15) is 5.56 Å². The summed E-state index contributed by atoms with van der Waals surface area (Å²) in [6.45, 7) is 2.52. The molecule has 4 rings (SSSR count). The minimum absolute atomic E-state index is 0.0137. The maximum atomic E-state index is 12.9. The molecule has 0 aliphatic carbocycles. The van der Waals surface area contributed by atoms with E-state index in [-0.39, 0.29) is 28.9 Å². The van der Waals surface area contributed by atoms with Crippen molar-refractivity contribution in [1.29, 1.82) is 0 Å². The average molecular weight is 380 g/mol. The lowest BCUT2D eigenvalue weighted by Crippen LogP contribution is -2.40. The summed E-state index contributed by atoms with van der Waals surface area (Å²) in [5, 5.41) is 11.4. The van der Waals surface area contributed by atoms with Crippen LogP contribution in [0.25, 0.3) is 11.0 Å². The Morgan fingerprint density at radius 2 is 1.86 bits per heavy atom. The fourth-order valence-electron chi connectivity index (χ4n) is 4.01. The van der Waals surface area contributed by atoms with Crippen LogP contribution in [0.4, 0.5) is 5.69 Å². The van der Waals surface area contributed by atoms with Crippen LogP contribution in [0.15, 0.2) is 47.3 Å². The Kier molecular flexibility index (Phi) is 4.46. The summed E-state index contributed by atoms with van der Waals surface area (Å²) in [5.41, 5.74) is 1.94. The number of aromatic amines is 1. The molecule has 2 heterocycles. The number of aromatic nitrogens is 2. The molecule has 28 heavy (non-hydrogen) atoms. The van der Waals surface area contributed by atoms with Crippen molar-refractivity contribution in [3.05, 3.63) is 74.2 Å². The molecule has 0 unspecified atom stereocenters. The number of nitrogens with zero attached hydrogens (tertiary/aromatic N) is 3. The first-order valence-electron chi connectivity index (χ1n) is 9.20. The van der Waals surface area contributed by atoms with Gasteiger partial charge in [0.05, 0.1) is 16.0 Å². The lowest BCUT2D eigenvalue weighted by atomic mass is 10.0. The fourth-order valence-corrected chi connectivity index (χ4v) is 4.01. The van der Waals surface area contributed by atoms with Crippen molar-refractivity contribution in [2.75, 3.05) is 13.1 Å². The van der Waals surface area contributed by atoms with Gasteiger partial charge in [0, 0.05) is 24.7 Å². The first-order chi connectivity index (χ1) is 13.5. The second-order valence-corrected chi connectivity index (χ2v) is 7.07. The number of nitrogens with one attached hydrogen (secondary N) is 1. The number of amides is 1. The van der Waals surface area contributed by atoms with E-state index < -0.39 is 4.92 Å². The van der Waals surface area contributed by atoms with Crippen molar-refractivity contribution in [3.63, 3.8) is 0 Å². The van der Waals surface area contributed by atoms with Crippen molar-refractivity contribution in [2.24, 2.45) is 0 Å². The van der Waals surface area contributed by atoms with Crippen LogP contribution in [0.2, 0.25) is 0 Å². The SMILES string of the molecule is Cc1cccc(C(=O)N2CCC(n3c(=O)[nH]c4ccccc43)CC2)c1[N+](=O)[O-]. The molecule has 144 valence electrons. The number of rotatable bonds is 3. The lowest BCUT2D eigenvalue weighted by Gasteiger charge is -2.32. The first kappa shape index (κ1) is 18.0. The molecule has 0 bridgehead atoms. The van der Waals surface area contributed by atoms with Gasteiger partial charge in [0.15, 0.2) is 0 Å². The third-order valence-electron chi connectivity index (χ3n) is 5.39. The monoisotopic (exact) mass is 380 g/mol. The number of piperidine rings is 1. The average Bonchev–Trinajstić information content (AvgIpc) is 3.02. The van der Waals surface area contributed by atoms with Gasteiger partial charge in [-0.05, 0) is 38.0 Å². The second kappa shape index (κ2) is 6.95. The molecule has 0 spiro atoms. The van der Waals surface area contributed by atoms with E-state index in [9.17, 15) is 19.7 Å². The van der Waals surface area contributed by atoms with Gasteiger partial charge >= 0.3 is 5.69 Å². The van der Waals surface area contributed by atoms with Crippen LogP contribution >= 0.6 is 0 Å². The second-order valence-electron chi connectivity index (χ2n) is 7.07. The summed E-state index contributed by atoms with van der Waals surface area (Å²) in [6, 6.07) is 12.3. The number of likely N-dealkylation sites (tertiary alicyclic amines) is 1. The molecule has 1 N–H and O–H groups in total. The Bertz CT molecular complexity index is 1120. The zero-order chi connectivity index (χ0) is 19.8. The quantitative estimate of drug-likeness (QED) is 0.557. The van der Waals surface area contributed by atoms with E-state index in [0.29, 0.717) is 31.5 Å². The lowest BCUT2D eigenvalue weighted by molar-refractivity contribution is -0.385. The Morgan fingerprint density at radius 1 is 1.14 bits per heavy atom. The smallest absolute Gasteiger partial charge is 0.326 e. The molecular weight excluding hydrogens is 360 g/mol. The van der Waals surface area contributed by atoms with E-state index >= 15 is 0 Å². The van der Waals surface area contributed by atoms with Gasteiger partial charge < -0.3 is 9.88 Å². The van der Waals surface area contributed by atoms with Gasteiger partial charge in [0.25, 0.3) is 11.6 Å². The molecule has 0 saturated carbocycles. The Labute approximate surface area is 160 Å². The number of benzene rings is 2. The highest BCUT2D eigenvalue weighted by atomic mass is 16.6. The number of nitro groups is 1. The summed E-state index contributed by atoms with van der Waals surface area (Å²) in [7, 11) is 0. The van der Waals surface area contributed by atoms with Gasteiger partial charge in [-0.1, -0.05) is 24.3 Å². The third kappa shape index (κ3) is 2.96. The predicted molar refractivity (Wildman–Crippen MR) is 105 cm³/mol. The number of H-pyrrole nitrogens is 1. The minimum Gasteiger partial charge on any atom is -0.338 e. The molecule has 1 amide bonds. The molecule has 1 fully saturated rings. The topological polar surface area (TPSA) is 101 Å². The van der Waals surface area contributed by atoms with Crippen LogP contribution in [-0.4, -0.2) is 38.4 Å². The van der Waals surface area contributed by atoms with E-state index in [0.717, 1.165) is 11.0 Å². The summed E-state index contributed by atoms with van der Waals surface area (Å²) >= 11 is 0. The van der Waals surface area contributed by atoms with E-state index in [1.54, 1.807) is 28.5 Å². The Balaban J connectivity index is 1.56. The summed E-state index contributed by atoms with van der Waals surface area (Å²) in [6.07, 6.45) is 1.24. The molecule has 2 aromatic carbocycles. The molecule has 3 aromatic rings. The number of carbonyl (C=O) groups is 1. The van der Waals surface area contributed by atoms with Crippen LogP contribution in [0.3, 0.4) is 0 Å². The van der Waals surface area contributed by atoms with Crippen LogP contribution < -0.4 is 5.69 Å². The van der Waals surface area contributed by atoms with Gasteiger partial charge in [-0.2, -0.15) is 0 Å². The van der Waals surface area contributed by atoms with Gasteiger partial charge in [0.2, 0.25) is 0 Å². The van der Waals surface area contributed by atoms with Gasteiger partial charge in [-0.3, -0.25) is 19.5 Å². The molecule has 1 aliphatic rings. The summed E-state index contributed by atoms with van der Waals surface area (Å²) < 4.78 is 1.76. The van der Waals surface area contributed by atoms with Crippen molar-refractivity contribution in [3.8, 4) is 0 Å². The molecule has 8 nitrogen and oxygen atoms in total. The van der Waals surface area contributed by atoms with E-state index in [4.69, 9.17) is 0 Å². The van der Waals surface area contributed by atoms with E-state index in [1.165, 1.54) is 6.07 Å². The molecule has 8 heteroatoms. The third-order valence-corrected chi connectivity index (χ3v) is 5.39. The number of hydrogen-bond donors (Lipinski definition) is 1. The van der Waals surface area contributed by atoms with Crippen molar-refractivity contribution in [2.45, 2.75) is 25.8 Å². The Morgan fingerprint density at radius 3 is 2.57 bits per heavy atom. The van der Waals surface area contributed by atoms with Crippen LogP contribution in [0, 0.1) is 17.0 Å². The maximum Gasteiger partial charge on any atom is 0.326 e. The number of fused-ring (bicyclic) bond motifs is 1. The molecule has 0 atom stereocenters. The zero-order valence-electron chi connectivity index (χ0n) is 15.4. The van der Waals surface area contributed by atoms with Crippen molar-refractivity contribution >= 4 is 22.6 Å². The van der Waals surface area contributed by atoms with Crippen LogP contribution in [-0.2, 0) is 0 Å². The van der Waals surface area contributed by atoms with E-state index in [2.05, 4.69) is 4.98 Å². The summed E-state index contributed by atoms with van der Waals surface area (Å²) in [5.74, 6) is -0.333. The van der Waals surface area contributed by atoms with Crippen LogP contribution in [0.1, 0.15) is 34.8 Å². The molecule has 0 radical (unpaired) electrons. The van der Waals surface area contributed by atoms with Gasteiger partial charge in [-0.15, -0.1) is 0 Å². The van der Waals surface area contributed by atoms with Gasteiger partial charge in [-0.25, -0.2) is 4.79 Å². The number of aryl methyl sites for hydroxylation is 1. The Hall–Kier alpha value is -3.42. The fraction of sp³-hybridized carbons (Fsp3) is 0.300. The number of hydrogen-bond acceptors (Lipinski definition) is 4. The number of carbonyl (C=O) groups excluding carboxylic acids is 1. The summed E-state index contributed by atoms with van der Waals surface area (Å²) in [4.78, 5) is 40.7. The van der Waals surface area contributed by atoms with Crippen molar-refractivity contribution in [1.82, 2.24) is 14.5 Å². The maximum absolute atomic E-state index is 12.9. The molecule has 1 aliphatic heterocycles.